The molecule has 33 heavy (non-hydrogen) atoms. The number of nitrogens with zero attached hydrogens (tertiary/aromatic N) is 4. The number of ether oxygens (including phenoxy) is 1. The van der Waals surface area contributed by atoms with E-state index >= 15 is 0 Å². The van der Waals surface area contributed by atoms with Gasteiger partial charge in [-0.2, -0.15) is 4.98 Å². The lowest BCUT2D eigenvalue weighted by Gasteiger charge is -2.19. The molecule has 1 aliphatic heterocycles. The molecule has 1 saturated carbocycles. The molecule has 2 unspecified atom stereocenters. The van der Waals surface area contributed by atoms with Crippen LogP contribution in [-0.4, -0.2) is 39.1 Å². The van der Waals surface area contributed by atoms with Crippen LogP contribution in [-0.2, 0) is 19.8 Å². The standard InChI is InChI=1S/C24H24ClN5O3/c25-21-7-15(4-5-16(21)13-31)14-33-23-20(22(32)27-9-19-3-1-2-6-26-19)10-28-24(29-23)30-11-17-8-18(17)12-30/h1-7,10,17-18,31H,8-9,11-14H2,(H,27,32). The number of pyridine rings is 1. The van der Waals surface area contributed by atoms with Gasteiger partial charge in [0.2, 0.25) is 11.8 Å². The number of piperidine rings is 1. The fourth-order valence-corrected chi connectivity index (χ4v) is 4.33. The number of nitrogens with one attached hydrogen (secondary N) is 1. The second-order valence-electron chi connectivity index (χ2n) is 8.43. The molecule has 3 heterocycles. The van der Waals surface area contributed by atoms with Crippen LogP contribution in [0, 0.1) is 11.8 Å². The van der Waals surface area contributed by atoms with Crippen LogP contribution >= 0.6 is 11.6 Å². The Kier molecular flexibility index (Phi) is 6.11. The molecule has 2 aliphatic rings. The van der Waals surface area contributed by atoms with Crippen molar-refractivity contribution < 1.29 is 14.6 Å². The molecular weight excluding hydrogens is 442 g/mol. The molecule has 9 heteroatoms. The van der Waals surface area contributed by atoms with E-state index in [1.54, 1.807) is 18.3 Å². The summed E-state index contributed by atoms with van der Waals surface area (Å²) in [5.41, 5.74) is 2.46. The van der Waals surface area contributed by atoms with Crippen molar-refractivity contribution in [3.8, 4) is 5.88 Å². The largest absolute Gasteiger partial charge is 0.472 e. The first-order valence-electron chi connectivity index (χ1n) is 10.9. The topological polar surface area (TPSA) is 100 Å². The Balaban J connectivity index is 1.35. The van der Waals surface area contributed by atoms with Crippen molar-refractivity contribution in [1.29, 1.82) is 0 Å². The Morgan fingerprint density at radius 1 is 1.21 bits per heavy atom. The van der Waals surface area contributed by atoms with Crippen molar-refractivity contribution in [3.63, 3.8) is 0 Å². The van der Waals surface area contributed by atoms with Gasteiger partial charge < -0.3 is 20.1 Å². The molecule has 0 bridgehead atoms. The number of anilines is 1. The maximum absolute atomic E-state index is 12.9. The molecule has 0 radical (unpaired) electrons. The molecular formula is C24H24ClN5O3. The summed E-state index contributed by atoms with van der Waals surface area (Å²) in [4.78, 5) is 28.3. The number of carbonyl (C=O) groups excluding carboxylic acids is 1. The molecule has 1 aliphatic carbocycles. The number of hydrogen-bond donors (Lipinski definition) is 2. The van der Waals surface area contributed by atoms with Gasteiger partial charge in [-0.25, -0.2) is 4.98 Å². The summed E-state index contributed by atoms with van der Waals surface area (Å²) in [5, 5.41) is 12.6. The molecule has 8 nitrogen and oxygen atoms in total. The lowest BCUT2D eigenvalue weighted by atomic mass is 10.1. The smallest absolute Gasteiger partial charge is 0.258 e. The Morgan fingerprint density at radius 2 is 2.06 bits per heavy atom. The lowest BCUT2D eigenvalue weighted by molar-refractivity contribution is 0.0944. The van der Waals surface area contributed by atoms with Gasteiger partial charge in [-0.15, -0.1) is 0 Å². The number of hydrogen-bond acceptors (Lipinski definition) is 7. The summed E-state index contributed by atoms with van der Waals surface area (Å²) in [6.45, 7) is 2.21. The van der Waals surface area contributed by atoms with Gasteiger partial charge in [-0.05, 0) is 47.6 Å². The van der Waals surface area contributed by atoms with Crippen LogP contribution in [0.4, 0.5) is 5.95 Å². The van der Waals surface area contributed by atoms with Gasteiger partial charge in [0.05, 0.1) is 18.8 Å². The average Bonchev–Trinajstić information content (AvgIpc) is 3.46. The molecule has 1 amide bonds. The van der Waals surface area contributed by atoms with E-state index in [1.165, 1.54) is 12.6 Å². The maximum atomic E-state index is 12.9. The first-order valence-corrected chi connectivity index (χ1v) is 11.3. The van der Waals surface area contributed by atoms with Crippen molar-refractivity contribution in [1.82, 2.24) is 20.3 Å². The third kappa shape index (κ3) is 4.91. The van der Waals surface area contributed by atoms with E-state index in [1.807, 2.05) is 24.3 Å². The van der Waals surface area contributed by atoms with Crippen molar-refractivity contribution in [2.45, 2.75) is 26.2 Å². The van der Waals surface area contributed by atoms with Gasteiger partial charge in [0.1, 0.15) is 12.2 Å². The minimum atomic E-state index is -0.333. The fraction of sp³-hybridized carbons (Fsp3) is 0.333. The summed E-state index contributed by atoms with van der Waals surface area (Å²) in [6, 6.07) is 10.9. The highest BCUT2D eigenvalue weighted by Gasteiger charge is 2.46. The monoisotopic (exact) mass is 465 g/mol. The predicted octanol–water partition coefficient (Wildman–Crippen LogP) is 2.98. The van der Waals surface area contributed by atoms with Gasteiger partial charge in [-0.1, -0.05) is 29.8 Å². The Labute approximate surface area is 196 Å². The van der Waals surface area contributed by atoms with Crippen LogP contribution < -0.4 is 15.0 Å². The van der Waals surface area contributed by atoms with Gasteiger partial charge in [0.15, 0.2) is 0 Å². The van der Waals surface area contributed by atoms with E-state index in [-0.39, 0.29) is 37.1 Å². The number of aromatic nitrogens is 3. The summed E-state index contributed by atoms with van der Waals surface area (Å²) in [7, 11) is 0. The van der Waals surface area contributed by atoms with E-state index in [0.29, 0.717) is 16.5 Å². The third-order valence-corrected chi connectivity index (χ3v) is 6.42. The highest BCUT2D eigenvalue weighted by Crippen LogP contribution is 2.45. The van der Waals surface area contributed by atoms with E-state index in [4.69, 9.17) is 16.3 Å². The zero-order chi connectivity index (χ0) is 22.8. The van der Waals surface area contributed by atoms with Crippen LogP contribution in [0.1, 0.15) is 33.6 Å². The van der Waals surface area contributed by atoms with E-state index in [2.05, 4.69) is 25.2 Å². The van der Waals surface area contributed by atoms with Crippen LogP contribution in [0.25, 0.3) is 0 Å². The molecule has 0 spiro atoms. The first kappa shape index (κ1) is 21.6. The minimum absolute atomic E-state index is 0.131. The molecule has 3 aromatic rings. The Hall–Kier alpha value is -3.23. The van der Waals surface area contributed by atoms with Crippen LogP contribution in [0.3, 0.4) is 0 Å². The Bertz CT molecular complexity index is 1150. The number of benzene rings is 1. The second kappa shape index (κ2) is 9.33. The highest BCUT2D eigenvalue weighted by atomic mass is 35.5. The van der Waals surface area contributed by atoms with Crippen molar-refractivity contribution in [3.05, 3.63) is 76.2 Å². The Morgan fingerprint density at radius 3 is 2.79 bits per heavy atom. The number of halogens is 1. The third-order valence-electron chi connectivity index (χ3n) is 6.07. The number of aliphatic hydroxyl groups excluding tert-OH is 1. The number of aliphatic hydroxyl groups is 1. The minimum Gasteiger partial charge on any atom is -0.472 e. The molecule has 1 aromatic carbocycles. The number of fused-ring (bicyclic) bond motifs is 1. The van der Waals surface area contributed by atoms with Gasteiger partial charge >= 0.3 is 0 Å². The maximum Gasteiger partial charge on any atom is 0.258 e. The van der Waals surface area contributed by atoms with Crippen LogP contribution in [0.15, 0.2) is 48.8 Å². The van der Waals surface area contributed by atoms with Crippen molar-refractivity contribution >= 4 is 23.5 Å². The van der Waals surface area contributed by atoms with Crippen LogP contribution in [0.2, 0.25) is 5.02 Å². The molecule has 170 valence electrons. The zero-order valence-electron chi connectivity index (χ0n) is 17.9. The summed E-state index contributed by atoms with van der Waals surface area (Å²) in [5.74, 6) is 1.92. The van der Waals surface area contributed by atoms with Crippen molar-refractivity contribution in [2.75, 3.05) is 18.0 Å². The summed E-state index contributed by atoms with van der Waals surface area (Å²) < 4.78 is 5.99. The summed E-state index contributed by atoms with van der Waals surface area (Å²) >= 11 is 6.20. The fourth-order valence-electron chi connectivity index (χ4n) is 4.07. The average molecular weight is 466 g/mol. The summed E-state index contributed by atoms with van der Waals surface area (Å²) in [6.07, 6.45) is 4.48. The normalized spacial score (nSPS) is 18.7. The number of carbonyl (C=O) groups is 1. The molecule has 2 N–H and O–H groups in total. The van der Waals surface area contributed by atoms with E-state index in [9.17, 15) is 9.90 Å². The lowest BCUT2D eigenvalue weighted by Crippen LogP contribution is -2.27. The predicted molar refractivity (Wildman–Crippen MR) is 123 cm³/mol. The van der Waals surface area contributed by atoms with Gasteiger partial charge in [0.25, 0.3) is 5.91 Å². The highest BCUT2D eigenvalue weighted by molar-refractivity contribution is 6.31. The first-order chi connectivity index (χ1) is 16.1. The quantitative estimate of drug-likeness (QED) is 0.527. The second-order valence-corrected chi connectivity index (χ2v) is 8.83. The van der Waals surface area contributed by atoms with Gasteiger partial charge in [0, 0.05) is 30.5 Å². The molecule has 2 atom stereocenters. The van der Waals surface area contributed by atoms with E-state index in [0.717, 1.165) is 36.2 Å². The SMILES string of the molecule is O=C(NCc1ccccn1)c1cnc(N2CC3CC3C2)nc1OCc1ccc(CO)c(Cl)c1. The molecule has 2 fully saturated rings. The van der Waals surface area contributed by atoms with Crippen molar-refractivity contribution in [2.24, 2.45) is 11.8 Å². The number of amides is 1. The van der Waals surface area contributed by atoms with Crippen LogP contribution in [0.5, 0.6) is 5.88 Å². The molecule has 1 saturated heterocycles. The molecule has 5 rings (SSSR count). The number of rotatable bonds is 8. The van der Waals surface area contributed by atoms with E-state index < -0.39 is 0 Å². The zero-order valence-corrected chi connectivity index (χ0v) is 18.7. The molecule has 2 aromatic heterocycles. The van der Waals surface area contributed by atoms with Gasteiger partial charge in [-0.3, -0.25) is 9.78 Å².